The number of carboxylic acid groups (broad SMARTS) is 1. The van der Waals surface area contributed by atoms with Crippen LogP contribution in [0.5, 0.6) is 5.75 Å². The van der Waals surface area contributed by atoms with Crippen molar-refractivity contribution in [3.8, 4) is 28.0 Å². The van der Waals surface area contributed by atoms with Gasteiger partial charge in [-0.25, -0.2) is 4.79 Å². The van der Waals surface area contributed by atoms with Gasteiger partial charge in [-0.15, -0.1) is 0 Å². The first-order valence-corrected chi connectivity index (χ1v) is 9.92. The smallest absolute Gasteiger partial charge is 0.449 e. The highest BCUT2D eigenvalue weighted by Crippen LogP contribution is 2.46. The molecule has 28 heavy (non-hydrogen) atoms. The zero-order valence-electron chi connectivity index (χ0n) is 15.8. The minimum atomic E-state index is -1.29. The van der Waals surface area contributed by atoms with E-state index in [0.29, 0.717) is 11.7 Å². The molecule has 1 aliphatic rings. The Morgan fingerprint density at radius 2 is 1.32 bits per heavy atom. The first-order valence-electron chi connectivity index (χ1n) is 9.92. The van der Waals surface area contributed by atoms with E-state index in [1.807, 2.05) is 54.6 Å². The Balaban J connectivity index is 1.99. The lowest BCUT2D eigenvalue weighted by Gasteiger charge is -2.27. The molecule has 1 aliphatic carbocycles. The molecule has 4 rings (SSSR count). The predicted octanol–water partition coefficient (Wildman–Crippen LogP) is 7.13. The van der Waals surface area contributed by atoms with Crippen LogP contribution < -0.4 is 4.74 Å². The van der Waals surface area contributed by atoms with Crippen molar-refractivity contribution in [3.63, 3.8) is 0 Å². The molecular formula is C25H24O3. The molecule has 3 aromatic rings. The second kappa shape index (κ2) is 8.30. The van der Waals surface area contributed by atoms with Crippen molar-refractivity contribution < 1.29 is 14.6 Å². The minimum Gasteiger partial charge on any atom is -0.449 e. The third-order valence-corrected chi connectivity index (χ3v) is 5.57. The maximum atomic E-state index is 11.4. The van der Waals surface area contributed by atoms with E-state index < -0.39 is 6.16 Å². The third-order valence-electron chi connectivity index (χ3n) is 5.57. The second-order valence-electron chi connectivity index (χ2n) is 7.34. The van der Waals surface area contributed by atoms with E-state index in [9.17, 15) is 9.90 Å². The summed E-state index contributed by atoms with van der Waals surface area (Å²) in [5.41, 5.74) is 5.31. The number of benzene rings is 3. The first kappa shape index (κ1) is 18.3. The maximum Gasteiger partial charge on any atom is 0.511 e. The summed E-state index contributed by atoms with van der Waals surface area (Å²) in [5, 5.41) is 9.30. The Morgan fingerprint density at radius 1 is 0.750 bits per heavy atom. The summed E-state index contributed by atoms with van der Waals surface area (Å²) in [6.07, 6.45) is 4.84. The average Bonchev–Trinajstić information content (AvgIpc) is 2.75. The summed E-state index contributed by atoms with van der Waals surface area (Å²) >= 11 is 0. The molecule has 0 heterocycles. The molecule has 0 saturated heterocycles. The first-order chi connectivity index (χ1) is 13.7. The van der Waals surface area contributed by atoms with E-state index in [1.54, 1.807) is 0 Å². The van der Waals surface area contributed by atoms with Crippen LogP contribution in [0, 0.1) is 0 Å². The van der Waals surface area contributed by atoms with Crippen molar-refractivity contribution in [1.29, 1.82) is 0 Å². The van der Waals surface area contributed by atoms with Gasteiger partial charge < -0.3 is 9.84 Å². The van der Waals surface area contributed by atoms with E-state index in [-0.39, 0.29) is 0 Å². The van der Waals surface area contributed by atoms with E-state index in [1.165, 1.54) is 37.7 Å². The molecule has 3 nitrogen and oxygen atoms in total. The summed E-state index contributed by atoms with van der Waals surface area (Å²) in [7, 11) is 0. The van der Waals surface area contributed by atoms with Gasteiger partial charge in [0.05, 0.1) is 0 Å². The van der Waals surface area contributed by atoms with Gasteiger partial charge in [0.2, 0.25) is 0 Å². The van der Waals surface area contributed by atoms with Crippen LogP contribution in [0.25, 0.3) is 22.3 Å². The molecule has 0 bridgehead atoms. The lowest BCUT2D eigenvalue weighted by Crippen LogP contribution is -2.09. The van der Waals surface area contributed by atoms with Crippen LogP contribution in [0.3, 0.4) is 0 Å². The van der Waals surface area contributed by atoms with Gasteiger partial charge in [0.25, 0.3) is 0 Å². The van der Waals surface area contributed by atoms with Gasteiger partial charge in [-0.2, -0.15) is 0 Å². The number of hydrogen-bond donors (Lipinski definition) is 1. The van der Waals surface area contributed by atoms with Crippen LogP contribution >= 0.6 is 0 Å². The van der Waals surface area contributed by atoms with Gasteiger partial charge in [0.1, 0.15) is 5.75 Å². The Morgan fingerprint density at radius 3 is 1.89 bits per heavy atom. The molecular weight excluding hydrogens is 348 g/mol. The molecule has 0 aromatic heterocycles. The van der Waals surface area contributed by atoms with Crippen LogP contribution in [0.1, 0.15) is 43.6 Å². The SMILES string of the molecule is O=C(O)Oc1ccc(C2CCCCC2)c(-c2ccccc2)c1-c1ccccc1. The van der Waals surface area contributed by atoms with Gasteiger partial charge >= 0.3 is 6.16 Å². The zero-order valence-corrected chi connectivity index (χ0v) is 15.8. The summed E-state index contributed by atoms with van der Waals surface area (Å²) in [6.45, 7) is 0. The minimum absolute atomic E-state index is 0.386. The lowest BCUT2D eigenvalue weighted by atomic mass is 9.78. The van der Waals surface area contributed by atoms with Crippen LogP contribution in [-0.2, 0) is 0 Å². The zero-order chi connectivity index (χ0) is 19.3. The molecule has 1 fully saturated rings. The van der Waals surface area contributed by atoms with Crippen molar-refractivity contribution in [2.24, 2.45) is 0 Å². The molecule has 142 valence electrons. The fourth-order valence-corrected chi connectivity index (χ4v) is 4.34. The fraction of sp³-hybridized carbons (Fsp3) is 0.240. The average molecular weight is 372 g/mol. The quantitative estimate of drug-likeness (QED) is 0.391. The third kappa shape index (κ3) is 3.79. The van der Waals surface area contributed by atoms with Gasteiger partial charge in [-0.05, 0) is 47.1 Å². The Kier molecular flexibility index (Phi) is 5.43. The molecule has 1 saturated carbocycles. The van der Waals surface area contributed by atoms with E-state index in [4.69, 9.17) is 4.74 Å². The normalized spacial score (nSPS) is 14.6. The van der Waals surface area contributed by atoms with Crippen LogP contribution in [0.2, 0.25) is 0 Å². The summed E-state index contributed by atoms with van der Waals surface area (Å²) in [5.74, 6) is 0.877. The monoisotopic (exact) mass is 372 g/mol. The van der Waals surface area contributed by atoms with E-state index in [0.717, 1.165) is 22.3 Å². The number of rotatable bonds is 4. The van der Waals surface area contributed by atoms with Crippen molar-refractivity contribution in [1.82, 2.24) is 0 Å². The van der Waals surface area contributed by atoms with Gasteiger partial charge in [0, 0.05) is 5.56 Å². The summed E-state index contributed by atoms with van der Waals surface area (Å²) in [4.78, 5) is 11.4. The van der Waals surface area contributed by atoms with Crippen molar-refractivity contribution >= 4 is 6.16 Å². The van der Waals surface area contributed by atoms with Crippen molar-refractivity contribution in [2.75, 3.05) is 0 Å². The lowest BCUT2D eigenvalue weighted by molar-refractivity contribution is 0.144. The molecule has 1 N–H and O–H groups in total. The van der Waals surface area contributed by atoms with Gasteiger partial charge in [-0.3, -0.25) is 0 Å². The number of hydrogen-bond acceptors (Lipinski definition) is 2. The topological polar surface area (TPSA) is 46.5 Å². The molecule has 0 spiro atoms. The summed E-state index contributed by atoms with van der Waals surface area (Å²) in [6, 6.07) is 24.1. The van der Waals surface area contributed by atoms with Crippen LogP contribution in [0.4, 0.5) is 4.79 Å². The molecule has 0 atom stereocenters. The highest BCUT2D eigenvalue weighted by Gasteiger charge is 2.25. The molecule has 0 amide bonds. The predicted molar refractivity (Wildman–Crippen MR) is 112 cm³/mol. The van der Waals surface area contributed by atoms with E-state index >= 15 is 0 Å². The Labute approximate surface area is 165 Å². The largest absolute Gasteiger partial charge is 0.511 e. The molecule has 0 unspecified atom stereocenters. The highest BCUT2D eigenvalue weighted by atomic mass is 16.7. The number of carbonyl (C=O) groups is 1. The van der Waals surface area contributed by atoms with Gasteiger partial charge in [0.15, 0.2) is 0 Å². The molecule has 3 aromatic carbocycles. The highest BCUT2D eigenvalue weighted by molar-refractivity contribution is 5.91. The van der Waals surface area contributed by atoms with Crippen molar-refractivity contribution in [3.05, 3.63) is 78.4 Å². The summed E-state index contributed by atoms with van der Waals surface area (Å²) < 4.78 is 5.22. The Hall–Kier alpha value is -3.07. The van der Waals surface area contributed by atoms with E-state index in [2.05, 4.69) is 18.2 Å². The van der Waals surface area contributed by atoms with Crippen molar-refractivity contribution in [2.45, 2.75) is 38.0 Å². The number of ether oxygens (including phenoxy) is 1. The fourth-order valence-electron chi connectivity index (χ4n) is 4.34. The Bertz CT molecular complexity index is 942. The van der Waals surface area contributed by atoms with Crippen LogP contribution in [0.15, 0.2) is 72.8 Å². The van der Waals surface area contributed by atoms with Gasteiger partial charge in [-0.1, -0.05) is 86.0 Å². The standard InChI is InChI=1S/C25H24O3/c26-25(27)28-22-17-16-21(18-10-4-1-5-11-18)23(19-12-6-2-7-13-19)24(22)20-14-8-3-9-15-20/h2-3,6-9,12-18H,1,4-5,10-11H2,(H,26,27). The van der Waals surface area contributed by atoms with Crippen LogP contribution in [-0.4, -0.2) is 11.3 Å². The maximum absolute atomic E-state index is 11.4. The second-order valence-corrected chi connectivity index (χ2v) is 7.34. The molecule has 3 heteroatoms. The molecule has 0 aliphatic heterocycles. The molecule has 0 radical (unpaired) electrons.